The number of nitrogens with one attached hydrogen (secondary N) is 1. The van der Waals surface area contributed by atoms with Crippen molar-refractivity contribution in [3.05, 3.63) is 77.9 Å². The lowest BCUT2D eigenvalue weighted by Gasteiger charge is -2.33. The SMILES string of the molecule is Cc1ccc(C(=O)N2CCC[C@@H](c3ccnc(Nc4ccccn4)c3)C2)cn1. The first-order chi connectivity index (χ1) is 13.7. The zero-order chi connectivity index (χ0) is 19.3. The molecule has 3 aromatic heterocycles. The normalized spacial score (nSPS) is 16.6. The molecule has 1 N–H and O–H groups in total. The summed E-state index contributed by atoms with van der Waals surface area (Å²) in [5, 5.41) is 3.24. The number of carbonyl (C=O) groups is 1. The molecule has 1 aliphatic rings. The van der Waals surface area contributed by atoms with Gasteiger partial charge in [-0.05, 0) is 61.7 Å². The number of nitrogens with zero attached hydrogens (tertiary/aromatic N) is 4. The highest BCUT2D eigenvalue weighted by molar-refractivity contribution is 5.94. The molecule has 1 saturated heterocycles. The Bertz CT molecular complexity index is 943. The van der Waals surface area contributed by atoms with E-state index in [4.69, 9.17) is 0 Å². The Balaban J connectivity index is 1.48. The average molecular weight is 373 g/mol. The first-order valence-electron chi connectivity index (χ1n) is 9.55. The average Bonchev–Trinajstić information content (AvgIpc) is 2.75. The van der Waals surface area contributed by atoms with Crippen LogP contribution in [0.15, 0.2) is 61.1 Å². The number of hydrogen-bond donors (Lipinski definition) is 1. The molecule has 6 heteroatoms. The number of piperidine rings is 1. The van der Waals surface area contributed by atoms with Crippen LogP contribution in [0.4, 0.5) is 11.6 Å². The second-order valence-corrected chi connectivity index (χ2v) is 7.09. The third-order valence-corrected chi connectivity index (χ3v) is 5.04. The highest BCUT2D eigenvalue weighted by atomic mass is 16.2. The van der Waals surface area contributed by atoms with Gasteiger partial charge in [0.15, 0.2) is 0 Å². The number of hydrogen-bond acceptors (Lipinski definition) is 5. The molecule has 1 fully saturated rings. The van der Waals surface area contributed by atoms with Crippen LogP contribution in [0.2, 0.25) is 0 Å². The van der Waals surface area contributed by atoms with E-state index in [0.29, 0.717) is 18.0 Å². The third kappa shape index (κ3) is 4.17. The minimum atomic E-state index is 0.0538. The molecular formula is C22H23N5O. The molecule has 0 aliphatic carbocycles. The first-order valence-corrected chi connectivity index (χ1v) is 9.55. The fraction of sp³-hybridized carbons (Fsp3) is 0.273. The zero-order valence-electron chi connectivity index (χ0n) is 15.9. The fourth-order valence-electron chi connectivity index (χ4n) is 3.55. The number of amides is 1. The van der Waals surface area contributed by atoms with Gasteiger partial charge in [-0.25, -0.2) is 9.97 Å². The Morgan fingerprint density at radius 3 is 2.75 bits per heavy atom. The molecule has 0 unspecified atom stereocenters. The Labute approximate surface area is 164 Å². The molecule has 0 spiro atoms. The molecule has 0 aromatic carbocycles. The van der Waals surface area contributed by atoms with Crippen molar-refractivity contribution in [1.82, 2.24) is 19.9 Å². The molecule has 1 atom stereocenters. The Hall–Kier alpha value is -3.28. The number of rotatable bonds is 4. The second kappa shape index (κ2) is 8.17. The molecule has 0 saturated carbocycles. The van der Waals surface area contributed by atoms with Gasteiger partial charge in [0.05, 0.1) is 5.56 Å². The minimum Gasteiger partial charge on any atom is -0.338 e. The van der Waals surface area contributed by atoms with E-state index >= 15 is 0 Å². The molecule has 1 amide bonds. The maximum absolute atomic E-state index is 12.8. The minimum absolute atomic E-state index is 0.0538. The Morgan fingerprint density at radius 1 is 1.07 bits per heavy atom. The van der Waals surface area contributed by atoms with E-state index in [-0.39, 0.29) is 5.91 Å². The highest BCUT2D eigenvalue weighted by Crippen LogP contribution is 2.29. The van der Waals surface area contributed by atoms with Crippen molar-refractivity contribution in [2.75, 3.05) is 18.4 Å². The molecule has 4 heterocycles. The summed E-state index contributed by atoms with van der Waals surface area (Å²) in [4.78, 5) is 27.7. The van der Waals surface area contributed by atoms with Crippen LogP contribution in [0.1, 0.15) is 40.4 Å². The summed E-state index contributed by atoms with van der Waals surface area (Å²) in [5.74, 6) is 1.88. The van der Waals surface area contributed by atoms with Crippen LogP contribution >= 0.6 is 0 Å². The van der Waals surface area contributed by atoms with Crippen molar-refractivity contribution < 1.29 is 4.79 Å². The molecule has 142 valence electrons. The van der Waals surface area contributed by atoms with Crippen LogP contribution in [0, 0.1) is 6.92 Å². The van der Waals surface area contributed by atoms with Gasteiger partial charge in [-0.2, -0.15) is 0 Å². The largest absolute Gasteiger partial charge is 0.338 e. The van der Waals surface area contributed by atoms with Gasteiger partial charge in [-0.15, -0.1) is 0 Å². The van der Waals surface area contributed by atoms with Crippen LogP contribution in [0.5, 0.6) is 0 Å². The van der Waals surface area contributed by atoms with Gasteiger partial charge >= 0.3 is 0 Å². The van der Waals surface area contributed by atoms with Crippen LogP contribution in [0.3, 0.4) is 0 Å². The van der Waals surface area contributed by atoms with Crippen LogP contribution in [0.25, 0.3) is 0 Å². The van der Waals surface area contributed by atoms with Gasteiger partial charge < -0.3 is 10.2 Å². The summed E-state index contributed by atoms with van der Waals surface area (Å²) < 4.78 is 0. The lowest BCUT2D eigenvalue weighted by atomic mass is 9.91. The number of carbonyl (C=O) groups excluding carboxylic acids is 1. The number of aromatic nitrogens is 3. The maximum Gasteiger partial charge on any atom is 0.255 e. The van der Waals surface area contributed by atoms with Gasteiger partial charge in [0, 0.05) is 43.3 Å². The predicted octanol–water partition coefficient (Wildman–Crippen LogP) is 3.94. The van der Waals surface area contributed by atoms with Gasteiger partial charge in [0.25, 0.3) is 5.91 Å². The lowest BCUT2D eigenvalue weighted by molar-refractivity contribution is 0.0706. The van der Waals surface area contributed by atoms with E-state index in [1.807, 2.05) is 54.4 Å². The highest BCUT2D eigenvalue weighted by Gasteiger charge is 2.26. The smallest absolute Gasteiger partial charge is 0.255 e. The Kier molecular flexibility index (Phi) is 5.28. The molecule has 3 aromatic rings. The molecule has 28 heavy (non-hydrogen) atoms. The summed E-state index contributed by atoms with van der Waals surface area (Å²) in [6, 6.07) is 13.6. The van der Waals surface area contributed by atoms with E-state index in [9.17, 15) is 4.79 Å². The van der Waals surface area contributed by atoms with Crippen molar-refractivity contribution >= 4 is 17.5 Å². The summed E-state index contributed by atoms with van der Waals surface area (Å²) in [6.45, 7) is 3.41. The zero-order valence-corrected chi connectivity index (χ0v) is 15.9. The quantitative estimate of drug-likeness (QED) is 0.750. The second-order valence-electron chi connectivity index (χ2n) is 7.09. The van der Waals surface area contributed by atoms with E-state index in [1.165, 1.54) is 5.56 Å². The number of likely N-dealkylation sites (tertiary alicyclic amines) is 1. The summed E-state index contributed by atoms with van der Waals surface area (Å²) >= 11 is 0. The summed E-state index contributed by atoms with van der Waals surface area (Å²) in [5.41, 5.74) is 2.75. The summed E-state index contributed by atoms with van der Waals surface area (Å²) in [6.07, 6.45) is 7.27. The van der Waals surface area contributed by atoms with Crippen LogP contribution in [-0.4, -0.2) is 38.8 Å². The van der Waals surface area contributed by atoms with Gasteiger partial charge in [-0.1, -0.05) is 6.07 Å². The van der Waals surface area contributed by atoms with Crippen molar-refractivity contribution in [1.29, 1.82) is 0 Å². The van der Waals surface area contributed by atoms with Gasteiger partial charge in [-0.3, -0.25) is 9.78 Å². The number of aryl methyl sites for hydroxylation is 1. The molecular weight excluding hydrogens is 350 g/mol. The maximum atomic E-state index is 12.8. The fourth-order valence-corrected chi connectivity index (χ4v) is 3.55. The van der Waals surface area contributed by atoms with E-state index in [0.717, 1.165) is 36.7 Å². The van der Waals surface area contributed by atoms with Gasteiger partial charge in [0.1, 0.15) is 11.6 Å². The van der Waals surface area contributed by atoms with Crippen LogP contribution in [-0.2, 0) is 0 Å². The molecule has 0 bridgehead atoms. The van der Waals surface area contributed by atoms with Crippen molar-refractivity contribution in [3.8, 4) is 0 Å². The Morgan fingerprint density at radius 2 is 1.96 bits per heavy atom. The monoisotopic (exact) mass is 373 g/mol. The molecule has 1 aliphatic heterocycles. The van der Waals surface area contributed by atoms with Crippen molar-refractivity contribution in [2.24, 2.45) is 0 Å². The predicted molar refractivity (Wildman–Crippen MR) is 109 cm³/mol. The van der Waals surface area contributed by atoms with Gasteiger partial charge in [0.2, 0.25) is 0 Å². The number of pyridine rings is 3. The standard InChI is InChI=1S/C22H23N5O/c1-16-7-8-18(14-25-16)22(28)27-12-4-5-19(15-27)17-9-11-24-21(13-17)26-20-6-2-3-10-23-20/h2-3,6-11,13-14,19H,4-5,12,15H2,1H3,(H,23,24,26)/t19-/m1/s1. The molecule has 0 radical (unpaired) electrons. The topological polar surface area (TPSA) is 71.0 Å². The van der Waals surface area contributed by atoms with E-state index in [1.54, 1.807) is 12.4 Å². The van der Waals surface area contributed by atoms with Crippen LogP contribution < -0.4 is 5.32 Å². The van der Waals surface area contributed by atoms with Crippen molar-refractivity contribution in [3.63, 3.8) is 0 Å². The third-order valence-electron chi connectivity index (χ3n) is 5.04. The first kappa shape index (κ1) is 18.1. The summed E-state index contributed by atoms with van der Waals surface area (Å²) in [7, 11) is 0. The molecule has 6 nitrogen and oxygen atoms in total. The van der Waals surface area contributed by atoms with E-state index < -0.39 is 0 Å². The number of anilines is 2. The molecule has 4 rings (SSSR count). The lowest BCUT2D eigenvalue weighted by Crippen LogP contribution is -2.39. The van der Waals surface area contributed by atoms with Crippen molar-refractivity contribution in [2.45, 2.75) is 25.7 Å². The van der Waals surface area contributed by atoms with E-state index in [2.05, 4.69) is 26.3 Å².